The lowest BCUT2D eigenvalue weighted by atomic mass is 10.0. The minimum absolute atomic E-state index is 0.199. The van der Waals surface area contributed by atoms with Gasteiger partial charge in [-0.2, -0.15) is 0 Å². The Morgan fingerprint density at radius 3 is 3.00 bits per heavy atom. The Labute approximate surface area is 102 Å². The van der Waals surface area contributed by atoms with Crippen LogP contribution < -0.4 is 5.73 Å². The summed E-state index contributed by atoms with van der Waals surface area (Å²) in [6.07, 6.45) is 7.39. The molecule has 0 atom stereocenters. The van der Waals surface area contributed by atoms with Crippen LogP contribution in [0.3, 0.4) is 0 Å². The highest BCUT2D eigenvalue weighted by atomic mass is 32.2. The van der Waals surface area contributed by atoms with Gasteiger partial charge in [0.15, 0.2) is 0 Å². The Balaban J connectivity index is 1.70. The van der Waals surface area contributed by atoms with E-state index < -0.39 is 0 Å². The third-order valence-corrected chi connectivity index (χ3v) is 4.98. The molecule has 0 saturated heterocycles. The second-order valence-electron chi connectivity index (χ2n) is 5.26. The second-order valence-corrected chi connectivity index (χ2v) is 6.39. The smallest absolute Gasteiger partial charge is 0.0158 e. The number of hydrogen-bond donors (Lipinski definition) is 1. The topological polar surface area (TPSA) is 26.0 Å². The van der Waals surface area contributed by atoms with Gasteiger partial charge in [-0.3, -0.25) is 0 Å². The van der Waals surface area contributed by atoms with Crippen LogP contribution in [0.1, 0.15) is 36.8 Å². The summed E-state index contributed by atoms with van der Waals surface area (Å²) in [7, 11) is 0. The monoisotopic (exact) mass is 233 g/mol. The predicted molar refractivity (Wildman–Crippen MR) is 70.0 cm³/mol. The highest BCUT2D eigenvalue weighted by molar-refractivity contribution is 7.99. The summed E-state index contributed by atoms with van der Waals surface area (Å²) in [5.74, 6) is 1.29. The normalized spacial score (nSPS) is 21.6. The molecule has 1 fully saturated rings. The van der Waals surface area contributed by atoms with Crippen molar-refractivity contribution in [1.29, 1.82) is 0 Å². The van der Waals surface area contributed by atoms with Crippen molar-refractivity contribution in [3.63, 3.8) is 0 Å². The predicted octanol–water partition coefficient (Wildman–Crippen LogP) is 3.15. The van der Waals surface area contributed by atoms with Gasteiger partial charge in [-0.1, -0.05) is 12.1 Å². The number of rotatable bonds is 3. The number of nitrogens with two attached hydrogens (primary N) is 1. The van der Waals surface area contributed by atoms with Crippen molar-refractivity contribution < 1.29 is 0 Å². The Morgan fingerprint density at radius 1 is 1.31 bits per heavy atom. The number of hydrogen-bond acceptors (Lipinski definition) is 2. The number of thioether (sulfide) groups is 1. The molecule has 0 spiro atoms. The molecule has 1 heterocycles. The zero-order valence-electron chi connectivity index (χ0n) is 9.67. The number of benzene rings is 1. The molecule has 1 nitrogen and oxygen atoms in total. The van der Waals surface area contributed by atoms with Crippen LogP contribution in [0, 0.1) is 0 Å². The Morgan fingerprint density at radius 2 is 2.19 bits per heavy atom. The zero-order valence-corrected chi connectivity index (χ0v) is 10.5. The van der Waals surface area contributed by atoms with Crippen LogP contribution in [-0.2, 0) is 12.8 Å². The maximum absolute atomic E-state index is 6.13. The molecule has 0 unspecified atom stereocenters. The lowest BCUT2D eigenvalue weighted by molar-refractivity contribution is 0.608. The molecule has 16 heavy (non-hydrogen) atoms. The van der Waals surface area contributed by atoms with Gasteiger partial charge in [0.25, 0.3) is 0 Å². The van der Waals surface area contributed by atoms with Crippen LogP contribution in [0.5, 0.6) is 0 Å². The molecule has 0 radical (unpaired) electrons. The van der Waals surface area contributed by atoms with E-state index in [0.717, 1.165) is 6.42 Å². The molecular weight excluding hydrogens is 214 g/mol. The first-order valence-electron chi connectivity index (χ1n) is 6.29. The van der Waals surface area contributed by atoms with Gasteiger partial charge in [0.2, 0.25) is 0 Å². The highest BCUT2D eigenvalue weighted by Crippen LogP contribution is 2.37. The first-order valence-corrected chi connectivity index (χ1v) is 7.27. The second kappa shape index (κ2) is 4.08. The summed E-state index contributed by atoms with van der Waals surface area (Å²) in [6.45, 7) is 0. The van der Waals surface area contributed by atoms with Crippen LogP contribution in [0.25, 0.3) is 0 Å². The van der Waals surface area contributed by atoms with Crippen molar-refractivity contribution in [3.05, 3.63) is 29.3 Å². The van der Waals surface area contributed by atoms with E-state index >= 15 is 0 Å². The van der Waals surface area contributed by atoms with Gasteiger partial charge in [0.1, 0.15) is 0 Å². The standard InChI is InChI=1S/C14H19NS/c15-14(7-8-14)6-5-11-3-4-13-12(10-11)2-1-9-16-13/h3-4,10H,1-2,5-9,15H2. The van der Waals surface area contributed by atoms with Crippen molar-refractivity contribution in [2.75, 3.05) is 5.75 Å². The molecule has 1 aromatic rings. The molecule has 86 valence electrons. The van der Waals surface area contributed by atoms with Crippen molar-refractivity contribution in [2.24, 2.45) is 5.73 Å². The molecule has 2 N–H and O–H groups in total. The Hall–Kier alpha value is -0.470. The first kappa shape index (κ1) is 10.7. The van der Waals surface area contributed by atoms with Crippen LogP contribution in [0.15, 0.2) is 23.1 Å². The molecule has 2 heteroatoms. The van der Waals surface area contributed by atoms with Crippen molar-refractivity contribution >= 4 is 11.8 Å². The van der Waals surface area contributed by atoms with Crippen molar-refractivity contribution in [3.8, 4) is 0 Å². The fourth-order valence-electron chi connectivity index (χ4n) is 2.37. The van der Waals surface area contributed by atoms with E-state index in [2.05, 4.69) is 18.2 Å². The molecule has 0 aromatic heterocycles. The summed E-state index contributed by atoms with van der Waals surface area (Å²) < 4.78 is 0. The van der Waals surface area contributed by atoms with E-state index in [1.807, 2.05) is 11.8 Å². The van der Waals surface area contributed by atoms with Crippen LogP contribution in [0.4, 0.5) is 0 Å². The van der Waals surface area contributed by atoms with E-state index in [9.17, 15) is 0 Å². The molecule has 1 aliphatic carbocycles. The largest absolute Gasteiger partial charge is 0.325 e. The summed E-state index contributed by atoms with van der Waals surface area (Å²) in [5.41, 5.74) is 9.38. The maximum atomic E-state index is 6.13. The van der Waals surface area contributed by atoms with Crippen LogP contribution >= 0.6 is 11.8 Å². The van der Waals surface area contributed by atoms with Gasteiger partial charge >= 0.3 is 0 Å². The lowest BCUT2D eigenvalue weighted by Crippen LogP contribution is -2.22. The van der Waals surface area contributed by atoms with Gasteiger partial charge < -0.3 is 5.73 Å². The van der Waals surface area contributed by atoms with E-state index in [4.69, 9.17) is 5.73 Å². The summed E-state index contributed by atoms with van der Waals surface area (Å²) in [6, 6.07) is 7.01. The van der Waals surface area contributed by atoms with E-state index in [1.54, 1.807) is 5.56 Å². The third kappa shape index (κ3) is 2.28. The lowest BCUT2D eigenvalue weighted by Gasteiger charge is -2.16. The molecule has 3 rings (SSSR count). The fourth-order valence-corrected chi connectivity index (χ4v) is 3.39. The SMILES string of the molecule is NC1(CCc2ccc3c(c2)CCCS3)CC1. The van der Waals surface area contributed by atoms with Gasteiger partial charge in [-0.25, -0.2) is 0 Å². The average molecular weight is 233 g/mol. The van der Waals surface area contributed by atoms with Crippen LogP contribution in [0.2, 0.25) is 0 Å². The van der Waals surface area contributed by atoms with Gasteiger partial charge in [-0.15, -0.1) is 11.8 Å². The molecule has 1 saturated carbocycles. The minimum Gasteiger partial charge on any atom is -0.325 e. The molecular formula is C14H19NS. The number of aryl methyl sites for hydroxylation is 2. The molecule has 0 bridgehead atoms. The molecule has 2 aliphatic rings. The van der Waals surface area contributed by atoms with E-state index in [1.165, 1.54) is 48.3 Å². The van der Waals surface area contributed by atoms with E-state index in [0.29, 0.717) is 0 Å². The number of fused-ring (bicyclic) bond motifs is 1. The average Bonchev–Trinajstić information content (AvgIpc) is 3.05. The van der Waals surface area contributed by atoms with Gasteiger partial charge in [0, 0.05) is 10.4 Å². The quantitative estimate of drug-likeness (QED) is 0.868. The molecule has 1 aliphatic heterocycles. The molecule has 0 amide bonds. The van der Waals surface area contributed by atoms with Crippen LogP contribution in [-0.4, -0.2) is 11.3 Å². The van der Waals surface area contributed by atoms with Crippen molar-refractivity contribution in [1.82, 2.24) is 0 Å². The summed E-state index contributed by atoms with van der Waals surface area (Å²) in [4.78, 5) is 1.50. The fraction of sp³-hybridized carbons (Fsp3) is 0.571. The minimum atomic E-state index is 0.199. The summed E-state index contributed by atoms with van der Waals surface area (Å²) >= 11 is 2.01. The van der Waals surface area contributed by atoms with E-state index in [-0.39, 0.29) is 5.54 Å². The van der Waals surface area contributed by atoms with Gasteiger partial charge in [-0.05, 0) is 61.5 Å². The Bertz CT molecular complexity index is 396. The van der Waals surface area contributed by atoms with Crippen molar-refractivity contribution in [2.45, 2.75) is 49.0 Å². The maximum Gasteiger partial charge on any atom is 0.0158 e. The molecule has 1 aromatic carbocycles. The van der Waals surface area contributed by atoms with Gasteiger partial charge in [0.05, 0.1) is 0 Å². The zero-order chi connectivity index (χ0) is 11.0. The summed E-state index contributed by atoms with van der Waals surface area (Å²) in [5, 5.41) is 0. The highest BCUT2D eigenvalue weighted by Gasteiger charge is 2.37. The third-order valence-electron chi connectivity index (χ3n) is 3.78. The first-order chi connectivity index (χ1) is 7.75. The Kier molecular flexibility index (Phi) is 2.72.